The van der Waals surface area contributed by atoms with Crippen LogP contribution in [0.5, 0.6) is 0 Å². The van der Waals surface area contributed by atoms with Gasteiger partial charge in [-0.1, -0.05) is 78.9 Å². The SMILES string of the molecule is O=S(=O)([O-])c1ccc2ccccc2c1S(=O)(=O)[O-].[Li+].[Li+].c1ccc2ccccc2c1. The summed E-state index contributed by atoms with van der Waals surface area (Å²) >= 11 is 0. The second-order valence-corrected chi connectivity index (χ2v) is 8.53. The summed E-state index contributed by atoms with van der Waals surface area (Å²) in [6.07, 6.45) is 0. The molecule has 0 spiro atoms. The van der Waals surface area contributed by atoms with Gasteiger partial charge in [-0.3, -0.25) is 0 Å². The van der Waals surface area contributed by atoms with Crippen LogP contribution in [0.25, 0.3) is 21.5 Å². The number of fused-ring (bicyclic) bond motifs is 2. The van der Waals surface area contributed by atoms with E-state index in [2.05, 4.69) is 48.5 Å². The third-order valence-corrected chi connectivity index (χ3v) is 5.97. The van der Waals surface area contributed by atoms with Crippen molar-refractivity contribution >= 4 is 41.8 Å². The molecule has 0 unspecified atom stereocenters. The second kappa shape index (κ2) is 10.6. The zero-order valence-corrected chi connectivity index (χ0v) is 18.0. The number of hydrogen-bond donors (Lipinski definition) is 0. The van der Waals surface area contributed by atoms with Crippen molar-refractivity contribution in [2.75, 3.05) is 0 Å². The summed E-state index contributed by atoms with van der Waals surface area (Å²) in [6, 6.07) is 24.6. The van der Waals surface area contributed by atoms with Crippen molar-refractivity contribution in [1.82, 2.24) is 0 Å². The van der Waals surface area contributed by atoms with E-state index in [1.54, 1.807) is 6.07 Å². The predicted molar refractivity (Wildman–Crippen MR) is 104 cm³/mol. The second-order valence-electron chi connectivity index (χ2n) is 5.87. The van der Waals surface area contributed by atoms with Crippen molar-refractivity contribution in [3.63, 3.8) is 0 Å². The quantitative estimate of drug-likeness (QED) is 0.258. The van der Waals surface area contributed by atoms with E-state index in [-0.39, 0.29) is 43.1 Å². The first-order valence-corrected chi connectivity index (χ1v) is 10.9. The van der Waals surface area contributed by atoms with E-state index >= 15 is 0 Å². The van der Waals surface area contributed by atoms with Crippen LogP contribution in [0.3, 0.4) is 0 Å². The molecule has 6 nitrogen and oxygen atoms in total. The fourth-order valence-electron chi connectivity index (χ4n) is 2.81. The standard InChI is InChI=1S/C10H8O6S2.C10H8.2Li/c11-17(12,13)9-6-5-7-3-1-2-4-8(7)10(9)18(14,15)16;1-2-6-10-8-4-3-7-9(10)5-1;;/h1-6H,(H,11,12,13)(H,14,15,16);1-8H;;/q;;2*+1/p-2. The van der Waals surface area contributed by atoms with Crippen molar-refractivity contribution in [3.05, 3.63) is 84.9 Å². The largest absolute Gasteiger partial charge is 1.00 e. The Morgan fingerprint density at radius 1 is 0.500 bits per heavy atom. The van der Waals surface area contributed by atoms with Crippen LogP contribution in [-0.2, 0) is 20.2 Å². The van der Waals surface area contributed by atoms with E-state index in [4.69, 9.17) is 0 Å². The Morgan fingerprint density at radius 2 is 0.900 bits per heavy atom. The van der Waals surface area contributed by atoms with E-state index in [0.29, 0.717) is 5.39 Å². The molecule has 30 heavy (non-hydrogen) atoms. The van der Waals surface area contributed by atoms with Gasteiger partial charge in [-0.15, -0.1) is 0 Å². The molecule has 0 amide bonds. The number of rotatable bonds is 2. The van der Waals surface area contributed by atoms with Crippen LogP contribution < -0.4 is 37.7 Å². The number of benzene rings is 4. The van der Waals surface area contributed by atoms with Crippen LogP contribution in [0.2, 0.25) is 0 Å². The Bertz CT molecular complexity index is 1310. The summed E-state index contributed by atoms with van der Waals surface area (Å²) in [5, 5.41) is 2.90. The van der Waals surface area contributed by atoms with Crippen LogP contribution in [0.15, 0.2) is 94.7 Å². The van der Waals surface area contributed by atoms with Gasteiger partial charge in [0.25, 0.3) is 0 Å². The smallest absolute Gasteiger partial charge is 0.744 e. The fourth-order valence-corrected chi connectivity index (χ4v) is 4.76. The molecule has 4 aromatic carbocycles. The van der Waals surface area contributed by atoms with Gasteiger partial charge in [0.15, 0.2) is 0 Å². The molecule has 0 fully saturated rings. The summed E-state index contributed by atoms with van der Waals surface area (Å²) in [5.74, 6) is 0. The Kier molecular flexibility index (Phi) is 9.37. The molecule has 4 rings (SSSR count). The first kappa shape index (κ1) is 26.4. The third kappa shape index (κ3) is 6.21. The molecular weight excluding hydrogens is 414 g/mol. The van der Waals surface area contributed by atoms with Gasteiger partial charge in [-0.25, -0.2) is 16.8 Å². The molecule has 10 heteroatoms. The van der Waals surface area contributed by atoms with Gasteiger partial charge in [0.1, 0.15) is 20.2 Å². The maximum atomic E-state index is 11.2. The van der Waals surface area contributed by atoms with E-state index in [0.717, 1.165) is 6.07 Å². The first-order chi connectivity index (χ1) is 13.2. The van der Waals surface area contributed by atoms with Crippen LogP contribution in [0.1, 0.15) is 0 Å². The van der Waals surface area contributed by atoms with Crippen LogP contribution in [-0.4, -0.2) is 25.9 Å². The minimum Gasteiger partial charge on any atom is -0.744 e. The fraction of sp³-hybridized carbons (Fsp3) is 0. The van der Waals surface area contributed by atoms with Crippen LogP contribution in [0.4, 0.5) is 0 Å². The van der Waals surface area contributed by atoms with Gasteiger partial charge in [-0.05, 0) is 22.2 Å². The molecule has 144 valence electrons. The van der Waals surface area contributed by atoms with Gasteiger partial charge in [0, 0.05) is 5.39 Å². The molecule has 0 atom stereocenters. The van der Waals surface area contributed by atoms with Crippen molar-refractivity contribution in [2.24, 2.45) is 0 Å². The Labute approximate surface area is 199 Å². The Morgan fingerprint density at radius 3 is 1.30 bits per heavy atom. The summed E-state index contributed by atoms with van der Waals surface area (Å²) in [5.41, 5.74) is 0. The Hall–Kier alpha value is -1.59. The van der Waals surface area contributed by atoms with Gasteiger partial charge >= 0.3 is 37.7 Å². The summed E-state index contributed by atoms with van der Waals surface area (Å²) < 4.78 is 66.4. The zero-order chi connectivity index (χ0) is 20.4. The minimum atomic E-state index is -5.07. The van der Waals surface area contributed by atoms with Gasteiger partial charge in [-0.2, -0.15) is 0 Å². The van der Waals surface area contributed by atoms with Crippen molar-refractivity contribution in [1.29, 1.82) is 0 Å². The molecule has 4 aromatic rings. The number of hydrogen-bond acceptors (Lipinski definition) is 6. The van der Waals surface area contributed by atoms with Crippen molar-refractivity contribution in [3.8, 4) is 0 Å². The van der Waals surface area contributed by atoms with Crippen molar-refractivity contribution < 1.29 is 63.7 Å². The van der Waals surface area contributed by atoms with E-state index in [1.807, 2.05) is 0 Å². The molecule has 0 aromatic heterocycles. The zero-order valence-electron chi connectivity index (χ0n) is 16.3. The average molecular weight is 428 g/mol. The molecule has 0 aliphatic rings. The van der Waals surface area contributed by atoms with Gasteiger partial charge in [0.2, 0.25) is 0 Å². The van der Waals surface area contributed by atoms with Gasteiger partial charge < -0.3 is 9.11 Å². The molecule has 0 heterocycles. The topological polar surface area (TPSA) is 114 Å². The molecule has 0 bridgehead atoms. The first-order valence-electron chi connectivity index (χ1n) is 8.05. The minimum absolute atomic E-state index is 0. The summed E-state index contributed by atoms with van der Waals surface area (Å²) in [7, 11) is -10.1. The monoisotopic (exact) mass is 428 g/mol. The normalized spacial score (nSPS) is 11.0. The summed E-state index contributed by atoms with van der Waals surface area (Å²) in [4.78, 5) is -2.01. The van der Waals surface area contributed by atoms with Crippen LogP contribution >= 0.6 is 0 Å². The van der Waals surface area contributed by atoms with Crippen molar-refractivity contribution in [2.45, 2.75) is 9.79 Å². The summed E-state index contributed by atoms with van der Waals surface area (Å²) in [6.45, 7) is 0. The molecule has 0 saturated heterocycles. The van der Waals surface area contributed by atoms with E-state index in [1.165, 1.54) is 35.0 Å². The molecule has 0 aliphatic carbocycles. The van der Waals surface area contributed by atoms with E-state index in [9.17, 15) is 25.9 Å². The van der Waals surface area contributed by atoms with Gasteiger partial charge in [0.05, 0.1) is 9.79 Å². The molecule has 0 N–H and O–H groups in total. The molecular formula is C20H14Li2O6S2. The van der Waals surface area contributed by atoms with Crippen LogP contribution in [0, 0.1) is 0 Å². The average Bonchev–Trinajstić information content (AvgIpc) is 2.66. The third-order valence-electron chi connectivity index (χ3n) is 4.02. The van der Waals surface area contributed by atoms with E-state index < -0.39 is 30.0 Å². The Balaban J connectivity index is 0.000000320. The molecule has 0 radical (unpaired) electrons. The predicted octanol–water partition coefficient (Wildman–Crippen LogP) is -2.50. The maximum absolute atomic E-state index is 11.2. The maximum Gasteiger partial charge on any atom is 1.00 e. The molecule has 0 saturated carbocycles. The molecule has 0 aliphatic heterocycles.